The molecule has 0 saturated carbocycles. The van der Waals surface area contributed by atoms with Crippen LogP contribution in [-0.4, -0.2) is 6.71 Å². The van der Waals surface area contributed by atoms with Gasteiger partial charge in [-0.3, -0.25) is 0 Å². The van der Waals surface area contributed by atoms with E-state index in [0.717, 1.165) is 56.3 Å². The summed E-state index contributed by atoms with van der Waals surface area (Å²) < 4.78 is 13.8. The first kappa shape index (κ1) is 19.2. The molecule has 0 radical (unpaired) electrons. The quantitative estimate of drug-likeness (QED) is 0.184. The third kappa shape index (κ3) is 2.12. The van der Waals surface area contributed by atoms with Crippen LogP contribution in [0.3, 0.4) is 0 Å². The number of para-hydroxylation sites is 1. The lowest BCUT2D eigenvalue weighted by atomic mass is 9.33. The average molecular weight is 483 g/mol. The lowest BCUT2D eigenvalue weighted by Crippen LogP contribution is -2.61. The third-order valence-electron chi connectivity index (χ3n) is 8.63. The number of ether oxygens (including phenoxy) is 2. The first-order valence-corrected chi connectivity index (χ1v) is 13.1. The molecular formula is C34H18BNO2. The lowest BCUT2D eigenvalue weighted by molar-refractivity contribution is 0.471. The summed E-state index contributed by atoms with van der Waals surface area (Å²) in [4.78, 5) is 2.35. The van der Waals surface area contributed by atoms with Crippen LogP contribution in [0.1, 0.15) is 0 Å². The standard InChI is InChI=1S/C34H18BNO2/c1-2-9-21(10-3-1)36-24-11-5-13-26-30(24)35-31-25(36)12-6-14-27(31)38-34-23-18-16-20-8-4-7-19-15-17-22(29(23)28(19)20)33(37-26)32(34)35/h1-18H. The van der Waals surface area contributed by atoms with E-state index in [1.807, 2.05) is 0 Å². The van der Waals surface area contributed by atoms with E-state index in [0.29, 0.717) is 0 Å². The number of hydrogen-bond acceptors (Lipinski definition) is 3. The largest absolute Gasteiger partial charge is 0.458 e. The van der Waals surface area contributed by atoms with Gasteiger partial charge >= 0.3 is 0 Å². The zero-order valence-corrected chi connectivity index (χ0v) is 20.2. The van der Waals surface area contributed by atoms with Crippen LogP contribution < -0.4 is 30.8 Å². The molecule has 0 atom stereocenters. The second-order valence-corrected chi connectivity index (χ2v) is 10.4. The molecule has 38 heavy (non-hydrogen) atoms. The summed E-state index contributed by atoms with van der Waals surface area (Å²) in [6, 6.07) is 38.9. The second-order valence-electron chi connectivity index (χ2n) is 10.4. The molecule has 0 spiro atoms. The van der Waals surface area contributed by atoms with E-state index in [9.17, 15) is 0 Å². The van der Waals surface area contributed by atoms with Crippen LogP contribution in [0, 0.1) is 0 Å². The molecule has 0 unspecified atom stereocenters. The Morgan fingerprint density at radius 1 is 0.474 bits per heavy atom. The van der Waals surface area contributed by atoms with Gasteiger partial charge in [0.15, 0.2) is 0 Å². The predicted octanol–water partition coefficient (Wildman–Crippen LogP) is 7.09. The first-order valence-electron chi connectivity index (χ1n) is 13.1. The van der Waals surface area contributed by atoms with Crippen LogP contribution >= 0.6 is 0 Å². The van der Waals surface area contributed by atoms with Crippen molar-refractivity contribution in [1.82, 2.24) is 0 Å². The molecule has 3 aliphatic heterocycles. The maximum absolute atomic E-state index is 6.88. The summed E-state index contributed by atoms with van der Waals surface area (Å²) in [7, 11) is 0. The Hall–Kier alpha value is -4.96. The number of anilines is 3. The molecule has 0 saturated heterocycles. The fraction of sp³-hybridized carbons (Fsp3) is 0. The SMILES string of the molecule is c1ccc(N2c3cccc4c3B3c5c(cccc52)Oc2c3c(c3ccc5cccc6ccc2c3c56)O4)cc1. The van der Waals surface area contributed by atoms with Crippen molar-refractivity contribution in [2.45, 2.75) is 0 Å². The Morgan fingerprint density at radius 2 is 1.05 bits per heavy atom. The van der Waals surface area contributed by atoms with E-state index in [-0.39, 0.29) is 6.71 Å². The minimum atomic E-state index is 0.0433. The van der Waals surface area contributed by atoms with Gasteiger partial charge in [-0.2, -0.15) is 0 Å². The fourth-order valence-corrected chi connectivity index (χ4v) is 7.19. The van der Waals surface area contributed by atoms with Gasteiger partial charge in [0.2, 0.25) is 0 Å². The highest BCUT2D eigenvalue weighted by Crippen LogP contribution is 2.50. The molecule has 3 heterocycles. The molecule has 3 aliphatic rings. The van der Waals surface area contributed by atoms with Gasteiger partial charge in [-0.25, -0.2) is 0 Å². The van der Waals surface area contributed by atoms with Crippen molar-refractivity contribution in [3.05, 3.63) is 109 Å². The predicted molar refractivity (Wildman–Crippen MR) is 156 cm³/mol. The molecule has 4 heteroatoms. The summed E-state index contributed by atoms with van der Waals surface area (Å²) in [5.74, 6) is 3.69. The maximum Gasteiger partial charge on any atom is 0.266 e. The molecule has 174 valence electrons. The number of nitrogens with zero attached hydrogens (tertiary/aromatic N) is 1. The van der Waals surface area contributed by atoms with E-state index >= 15 is 0 Å². The van der Waals surface area contributed by atoms with Crippen molar-refractivity contribution in [1.29, 1.82) is 0 Å². The summed E-state index contributed by atoms with van der Waals surface area (Å²) in [6.07, 6.45) is 0. The fourth-order valence-electron chi connectivity index (χ4n) is 7.19. The first-order chi connectivity index (χ1) is 18.9. The summed E-state index contributed by atoms with van der Waals surface area (Å²) in [6.45, 7) is 0.0433. The minimum Gasteiger partial charge on any atom is -0.458 e. The maximum atomic E-state index is 6.88. The lowest BCUT2D eigenvalue weighted by Gasteiger charge is -2.43. The van der Waals surface area contributed by atoms with E-state index in [1.165, 1.54) is 32.5 Å². The number of rotatable bonds is 1. The van der Waals surface area contributed by atoms with Crippen molar-refractivity contribution < 1.29 is 9.47 Å². The van der Waals surface area contributed by atoms with Crippen molar-refractivity contribution >= 4 is 72.5 Å². The Labute approximate surface area is 218 Å². The third-order valence-corrected chi connectivity index (χ3v) is 8.63. The van der Waals surface area contributed by atoms with Gasteiger partial charge in [0.1, 0.15) is 23.0 Å². The van der Waals surface area contributed by atoms with Gasteiger partial charge in [0, 0.05) is 38.7 Å². The van der Waals surface area contributed by atoms with Crippen LogP contribution in [0.5, 0.6) is 23.0 Å². The van der Waals surface area contributed by atoms with Crippen LogP contribution in [0.4, 0.5) is 17.1 Å². The van der Waals surface area contributed by atoms with Crippen molar-refractivity contribution in [3.63, 3.8) is 0 Å². The molecule has 0 bridgehead atoms. The number of hydrogen-bond donors (Lipinski definition) is 0. The normalized spacial score (nSPS) is 14.1. The topological polar surface area (TPSA) is 21.7 Å². The Kier molecular flexibility index (Phi) is 3.27. The monoisotopic (exact) mass is 483 g/mol. The van der Waals surface area contributed by atoms with Crippen molar-refractivity contribution in [2.75, 3.05) is 4.90 Å². The highest BCUT2D eigenvalue weighted by Gasteiger charge is 2.48. The number of benzene rings is 7. The van der Waals surface area contributed by atoms with Crippen LogP contribution in [0.2, 0.25) is 0 Å². The van der Waals surface area contributed by atoms with Crippen LogP contribution in [0.15, 0.2) is 109 Å². The van der Waals surface area contributed by atoms with Crippen LogP contribution in [0.25, 0.3) is 32.3 Å². The molecule has 3 nitrogen and oxygen atoms in total. The van der Waals surface area contributed by atoms with E-state index in [2.05, 4.69) is 114 Å². The molecular weight excluding hydrogens is 465 g/mol. The van der Waals surface area contributed by atoms with Gasteiger partial charge in [-0.1, -0.05) is 60.7 Å². The van der Waals surface area contributed by atoms with Crippen LogP contribution in [-0.2, 0) is 0 Å². The van der Waals surface area contributed by atoms with Gasteiger partial charge in [0.25, 0.3) is 6.71 Å². The smallest absolute Gasteiger partial charge is 0.266 e. The van der Waals surface area contributed by atoms with Gasteiger partial charge < -0.3 is 14.4 Å². The zero-order chi connectivity index (χ0) is 24.5. The number of fused-ring (bicyclic) bond motifs is 2. The molecule has 7 aromatic carbocycles. The Morgan fingerprint density at radius 3 is 1.66 bits per heavy atom. The van der Waals surface area contributed by atoms with Crippen molar-refractivity contribution in [2.24, 2.45) is 0 Å². The Balaban J connectivity index is 1.38. The highest BCUT2D eigenvalue weighted by molar-refractivity contribution is 7.01. The van der Waals surface area contributed by atoms with Gasteiger partial charge in [0.05, 0.1) is 0 Å². The molecule has 10 rings (SSSR count). The molecule has 7 aromatic rings. The molecule has 0 amide bonds. The summed E-state index contributed by atoms with van der Waals surface area (Å²) >= 11 is 0. The van der Waals surface area contributed by atoms with Gasteiger partial charge in [-0.05, 0) is 75.6 Å². The molecule has 0 fully saturated rings. The summed E-state index contributed by atoms with van der Waals surface area (Å²) in [5, 5.41) is 7.26. The average Bonchev–Trinajstić information content (AvgIpc) is 2.97. The van der Waals surface area contributed by atoms with E-state index < -0.39 is 0 Å². The van der Waals surface area contributed by atoms with E-state index in [4.69, 9.17) is 9.47 Å². The molecule has 0 aliphatic carbocycles. The van der Waals surface area contributed by atoms with Gasteiger partial charge in [-0.15, -0.1) is 0 Å². The minimum absolute atomic E-state index is 0.0433. The second kappa shape index (κ2) is 6.48. The summed E-state index contributed by atoms with van der Waals surface area (Å²) in [5.41, 5.74) is 7.00. The zero-order valence-electron chi connectivity index (χ0n) is 20.2. The van der Waals surface area contributed by atoms with Crippen molar-refractivity contribution in [3.8, 4) is 23.0 Å². The molecule has 0 N–H and O–H groups in total. The van der Waals surface area contributed by atoms with E-state index in [1.54, 1.807) is 0 Å². The highest BCUT2D eigenvalue weighted by atomic mass is 16.5. The molecule has 0 aromatic heterocycles. The Bertz CT molecular complexity index is 2030.